The third kappa shape index (κ3) is 2.58. The number of para-hydroxylation sites is 1. The lowest BCUT2D eigenvalue weighted by atomic mass is 10.1. The number of H-pyrrole nitrogens is 1. The predicted molar refractivity (Wildman–Crippen MR) is 102 cm³/mol. The zero-order valence-corrected chi connectivity index (χ0v) is 14.1. The predicted octanol–water partition coefficient (Wildman–Crippen LogP) is 4.37. The average molecular weight is 342 g/mol. The van der Waals surface area contributed by atoms with Crippen molar-refractivity contribution in [2.45, 2.75) is 12.8 Å². The van der Waals surface area contributed by atoms with Crippen LogP contribution in [0.15, 0.2) is 67.3 Å². The number of anilines is 1. The Kier molecular flexibility index (Phi) is 3.38. The van der Waals surface area contributed by atoms with Gasteiger partial charge >= 0.3 is 0 Å². The Morgan fingerprint density at radius 3 is 2.81 bits per heavy atom. The number of amides is 1. The molecule has 26 heavy (non-hydrogen) atoms. The molecule has 4 aromatic rings. The number of carbonyl (C=O) groups is 1. The summed E-state index contributed by atoms with van der Waals surface area (Å²) in [5.74, 6) is 0.844. The summed E-state index contributed by atoms with van der Waals surface area (Å²) in [4.78, 5) is 19.7. The number of benzene rings is 1. The maximum atomic E-state index is 12.0. The number of aromatic nitrogens is 3. The molecule has 5 nitrogen and oxygen atoms in total. The van der Waals surface area contributed by atoms with Crippen molar-refractivity contribution in [1.29, 1.82) is 0 Å². The van der Waals surface area contributed by atoms with E-state index in [0.29, 0.717) is 5.82 Å². The van der Waals surface area contributed by atoms with Gasteiger partial charge in [0, 0.05) is 41.7 Å². The molecule has 0 spiro atoms. The molecule has 1 fully saturated rings. The summed E-state index contributed by atoms with van der Waals surface area (Å²) in [5, 5.41) is 4.06. The number of carbonyl (C=O) groups excluding carboxylic acids is 1. The normalized spacial score (nSPS) is 13.8. The number of hydrogen-bond donors (Lipinski definition) is 2. The molecule has 0 aliphatic heterocycles. The Morgan fingerprint density at radius 1 is 1.15 bits per heavy atom. The molecule has 1 aromatic carbocycles. The summed E-state index contributed by atoms with van der Waals surface area (Å²) in [7, 11) is 0. The van der Waals surface area contributed by atoms with E-state index in [9.17, 15) is 4.79 Å². The highest BCUT2D eigenvalue weighted by Gasteiger charge is 2.29. The molecule has 0 atom stereocenters. The van der Waals surface area contributed by atoms with E-state index >= 15 is 0 Å². The fourth-order valence-electron chi connectivity index (χ4n) is 3.33. The van der Waals surface area contributed by atoms with Crippen LogP contribution in [-0.2, 0) is 4.79 Å². The van der Waals surface area contributed by atoms with Crippen LogP contribution < -0.4 is 5.32 Å². The first-order valence-corrected chi connectivity index (χ1v) is 8.80. The van der Waals surface area contributed by atoms with Crippen molar-refractivity contribution in [3.63, 3.8) is 0 Å². The Balaban J connectivity index is 1.55. The molecule has 0 bridgehead atoms. The number of nitrogens with zero attached hydrogens (tertiary/aromatic N) is 2. The molecule has 5 heteroatoms. The highest BCUT2D eigenvalue weighted by molar-refractivity contribution is 6.00. The molecular formula is C21H18N4O. The number of pyridine rings is 1. The Bertz CT molecular complexity index is 1090. The van der Waals surface area contributed by atoms with Crippen molar-refractivity contribution in [3.05, 3.63) is 67.3 Å². The van der Waals surface area contributed by atoms with Gasteiger partial charge in [-0.15, -0.1) is 0 Å². The van der Waals surface area contributed by atoms with Gasteiger partial charge < -0.3 is 14.9 Å². The summed E-state index contributed by atoms with van der Waals surface area (Å²) in [5.41, 5.74) is 4.31. The maximum Gasteiger partial charge on any atom is 0.228 e. The molecule has 5 rings (SSSR count). The summed E-state index contributed by atoms with van der Waals surface area (Å²) in [6.45, 7) is 0. The van der Waals surface area contributed by atoms with Gasteiger partial charge in [0.2, 0.25) is 5.91 Å². The van der Waals surface area contributed by atoms with E-state index in [-0.39, 0.29) is 11.8 Å². The summed E-state index contributed by atoms with van der Waals surface area (Å²) in [6, 6.07) is 14.2. The second-order valence-corrected chi connectivity index (χ2v) is 6.69. The molecule has 1 saturated carbocycles. The largest absolute Gasteiger partial charge is 0.359 e. The van der Waals surface area contributed by atoms with Crippen molar-refractivity contribution >= 4 is 22.6 Å². The molecule has 0 saturated heterocycles. The minimum Gasteiger partial charge on any atom is -0.359 e. The standard InChI is InChI=1S/C21H18N4O/c26-21(14-6-7-14)24-19-12-15(8-9-22-19)17-13-23-20-16(17)4-3-5-18(20)25-10-1-2-11-25/h1-5,8-14,23H,6-7H2,(H,22,24,26). The lowest BCUT2D eigenvalue weighted by molar-refractivity contribution is -0.117. The summed E-state index contributed by atoms with van der Waals surface area (Å²) >= 11 is 0. The van der Waals surface area contributed by atoms with E-state index in [1.807, 2.05) is 42.9 Å². The molecule has 0 unspecified atom stereocenters. The smallest absolute Gasteiger partial charge is 0.228 e. The fourth-order valence-corrected chi connectivity index (χ4v) is 3.33. The molecule has 128 valence electrons. The number of rotatable bonds is 4. The van der Waals surface area contributed by atoms with Gasteiger partial charge in [-0.2, -0.15) is 0 Å². The first-order chi connectivity index (χ1) is 12.8. The van der Waals surface area contributed by atoms with Crippen LogP contribution in [0.25, 0.3) is 27.7 Å². The number of fused-ring (bicyclic) bond motifs is 1. The van der Waals surface area contributed by atoms with Crippen LogP contribution in [0.4, 0.5) is 5.82 Å². The van der Waals surface area contributed by atoms with E-state index in [2.05, 4.69) is 38.1 Å². The third-order valence-corrected chi connectivity index (χ3v) is 4.85. The Labute approximate surface area is 150 Å². The molecule has 3 aromatic heterocycles. The zero-order chi connectivity index (χ0) is 17.5. The van der Waals surface area contributed by atoms with Crippen molar-refractivity contribution in [1.82, 2.24) is 14.5 Å². The van der Waals surface area contributed by atoms with Crippen LogP contribution in [0, 0.1) is 5.92 Å². The average Bonchev–Trinajstić information content (AvgIpc) is 3.20. The van der Waals surface area contributed by atoms with Gasteiger partial charge in [0.25, 0.3) is 0 Å². The zero-order valence-electron chi connectivity index (χ0n) is 14.1. The van der Waals surface area contributed by atoms with E-state index in [1.54, 1.807) is 6.20 Å². The van der Waals surface area contributed by atoms with Gasteiger partial charge in [-0.25, -0.2) is 4.98 Å². The van der Waals surface area contributed by atoms with Gasteiger partial charge in [0.05, 0.1) is 11.2 Å². The van der Waals surface area contributed by atoms with E-state index in [1.165, 1.54) is 0 Å². The van der Waals surface area contributed by atoms with Crippen LogP contribution in [0.1, 0.15) is 12.8 Å². The SMILES string of the molecule is O=C(Nc1cc(-c2c[nH]c3c(-n4cccc4)cccc23)ccn1)C1CC1. The fraction of sp³-hybridized carbons (Fsp3) is 0.143. The van der Waals surface area contributed by atoms with Crippen LogP contribution in [-0.4, -0.2) is 20.4 Å². The Morgan fingerprint density at radius 2 is 2.00 bits per heavy atom. The molecule has 0 radical (unpaired) electrons. The van der Waals surface area contributed by atoms with Gasteiger partial charge in [-0.05, 0) is 48.7 Å². The van der Waals surface area contributed by atoms with Gasteiger partial charge in [0.15, 0.2) is 0 Å². The van der Waals surface area contributed by atoms with E-state index < -0.39 is 0 Å². The third-order valence-electron chi connectivity index (χ3n) is 4.85. The molecule has 3 heterocycles. The maximum absolute atomic E-state index is 12.0. The molecular weight excluding hydrogens is 324 g/mol. The van der Waals surface area contributed by atoms with Crippen molar-refractivity contribution in [2.75, 3.05) is 5.32 Å². The van der Waals surface area contributed by atoms with Gasteiger partial charge in [-0.1, -0.05) is 12.1 Å². The van der Waals surface area contributed by atoms with Gasteiger partial charge in [0.1, 0.15) is 5.82 Å². The number of nitrogens with one attached hydrogen (secondary N) is 2. The topological polar surface area (TPSA) is 62.7 Å². The second-order valence-electron chi connectivity index (χ2n) is 6.69. The van der Waals surface area contributed by atoms with Crippen LogP contribution in [0.2, 0.25) is 0 Å². The minimum absolute atomic E-state index is 0.0727. The summed E-state index contributed by atoms with van der Waals surface area (Å²) < 4.78 is 2.09. The highest BCUT2D eigenvalue weighted by atomic mass is 16.2. The number of aromatic amines is 1. The lowest BCUT2D eigenvalue weighted by Crippen LogP contribution is -2.14. The molecule has 1 amide bonds. The van der Waals surface area contributed by atoms with Crippen LogP contribution >= 0.6 is 0 Å². The lowest BCUT2D eigenvalue weighted by Gasteiger charge is -2.07. The first kappa shape index (κ1) is 15.0. The minimum atomic E-state index is 0.0727. The van der Waals surface area contributed by atoms with Crippen molar-refractivity contribution in [3.8, 4) is 16.8 Å². The molecule has 1 aliphatic carbocycles. The van der Waals surface area contributed by atoms with E-state index in [4.69, 9.17) is 0 Å². The number of hydrogen-bond acceptors (Lipinski definition) is 2. The van der Waals surface area contributed by atoms with Crippen LogP contribution in [0.3, 0.4) is 0 Å². The Hall–Kier alpha value is -3.34. The quantitative estimate of drug-likeness (QED) is 0.578. The van der Waals surface area contributed by atoms with Crippen molar-refractivity contribution in [2.24, 2.45) is 5.92 Å². The molecule has 2 N–H and O–H groups in total. The second kappa shape index (κ2) is 5.88. The first-order valence-electron chi connectivity index (χ1n) is 8.80. The van der Waals surface area contributed by atoms with E-state index in [0.717, 1.165) is 40.6 Å². The summed E-state index contributed by atoms with van der Waals surface area (Å²) in [6.07, 6.45) is 9.79. The molecule has 1 aliphatic rings. The highest BCUT2D eigenvalue weighted by Crippen LogP contribution is 2.33. The monoisotopic (exact) mass is 342 g/mol. The van der Waals surface area contributed by atoms with Crippen LogP contribution in [0.5, 0.6) is 0 Å². The van der Waals surface area contributed by atoms with Gasteiger partial charge in [-0.3, -0.25) is 4.79 Å². The van der Waals surface area contributed by atoms with Crippen molar-refractivity contribution < 1.29 is 4.79 Å².